The van der Waals surface area contributed by atoms with Crippen LogP contribution in [0.2, 0.25) is 0 Å². The summed E-state index contributed by atoms with van der Waals surface area (Å²) in [5.74, 6) is 1.34. The Bertz CT molecular complexity index is 1460. The molecule has 6 rings (SSSR count). The van der Waals surface area contributed by atoms with Gasteiger partial charge in [0.15, 0.2) is 6.10 Å². The molecule has 4 bridgehead atoms. The molecule has 0 radical (unpaired) electrons. The molecule has 360 valence electrons. The maximum absolute atomic E-state index is 12.4. The zero-order valence-corrected chi connectivity index (χ0v) is 41.8. The summed E-state index contributed by atoms with van der Waals surface area (Å²) in [6, 6.07) is 0. The van der Waals surface area contributed by atoms with Gasteiger partial charge in [0.2, 0.25) is 0 Å². The Hall–Kier alpha value is -2.89. The van der Waals surface area contributed by atoms with E-state index in [-0.39, 0.29) is 76.7 Å². The fourth-order valence-corrected chi connectivity index (χ4v) is 8.12. The number of aliphatic hydroxyl groups is 1. The van der Waals surface area contributed by atoms with E-state index in [4.69, 9.17) is 23.7 Å². The van der Waals surface area contributed by atoms with Crippen LogP contribution in [0.3, 0.4) is 0 Å². The molecule has 4 unspecified atom stereocenters. The van der Waals surface area contributed by atoms with E-state index in [9.17, 15) is 29.1 Å². The SMILES string of the molecule is CCC(C)(C)C(=O)OC(C)C(C)C.CCC(C)(C)C(=O)OC12CC3CC(C1)C(O)C(C3)C2.CCC(C)(C)C(=O)OCC1COC(=O)O1.CCC1(OC(=O)C(C)(C)CC)CCCC1. The van der Waals surface area contributed by atoms with Gasteiger partial charge in [-0.2, -0.15) is 0 Å². The summed E-state index contributed by atoms with van der Waals surface area (Å²) in [5.41, 5.74) is -1.94. The Morgan fingerprint density at radius 3 is 1.56 bits per heavy atom. The highest BCUT2D eigenvalue weighted by Crippen LogP contribution is 2.57. The van der Waals surface area contributed by atoms with Crippen molar-refractivity contribution in [3.63, 3.8) is 0 Å². The van der Waals surface area contributed by atoms with Crippen molar-refractivity contribution in [2.24, 2.45) is 45.3 Å². The van der Waals surface area contributed by atoms with E-state index >= 15 is 0 Å². The van der Waals surface area contributed by atoms with Crippen molar-refractivity contribution in [1.82, 2.24) is 0 Å². The van der Waals surface area contributed by atoms with E-state index < -0.39 is 17.7 Å². The second-order valence-corrected chi connectivity index (χ2v) is 21.9. The summed E-state index contributed by atoms with van der Waals surface area (Å²) in [7, 11) is 0. The average molecular weight is 881 g/mol. The van der Waals surface area contributed by atoms with Crippen molar-refractivity contribution in [1.29, 1.82) is 0 Å². The molecule has 0 aromatic rings. The number of ether oxygens (including phenoxy) is 6. The predicted molar refractivity (Wildman–Crippen MR) is 240 cm³/mol. The lowest BCUT2D eigenvalue weighted by atomic mass is 9.53. The summed E-state index contributed by atoms with van der Waals surface area (Å²) in [6.07, 6.45) is 12.4. The highest BCUT2D eigenvalue weighted by Gasteiger charge is 2.57. The maximum atomic E-state index is 12.4. The van der Waals surface area contributed by atoms with Crippen LogP contribution in [-0.2, 0) is 47.6 Å². The number of esters is 4. The smallest absolute Gasteiger partial charge is 0.462 e. The van der Waals surface area contributed by atoms with Crippen LogP contribution in [0.15, 0.2) is 0 Å². The summed E-state index contributed by atoms with van der Waals surface area (Å²) >= 11 is 0. The molecule has 6 fully saturated rings. The third kappa shape index (κ3) is 15.4. The van der Waals surface area contributed by atoms with Crippen molar-refractivity contribution in [2.45, 2.75) is 230 Å². The first kappa shape index (κ1) is 55.2. The molecule has 12 heteroatoms. The molecule has 5 saturated carbocycles. The Morgan fingerprint density at radius 2 is 1.15 bits per heavy atom. The molecule has 12 nitrogen and oxygen atoms in total. The molecule has 0 aromatic heterocycles. The van der Waals surface area contributed by atoms with Gasteiger partial charge in [-0.25, -0.2) is 4.79 Å². The van der Waals surface area contributed by atoms with Crippen LogP contribution in [0.25, 0.3) is 0 Å². The molecule has 5 aliphatic carbocycles. The molecule has 6 aliphatic rings. The molecule has 62 heavy (non-hydrogen) atoms. The Morgan fingerprint density at radius 1 is 0.694 bits per heavy atom. The van der Waals surface area contributed by atoms with E-state index in [1.165, 1.54) is 12.8 Å². The summed E-state index contributed by atoms with van der Waals surface area (Å²) in [4.78, 5) is 58.1. The van der Waals surface area contributed by atoms with Crippen molar-refractivity contribution < 1.29 is 57.5 Å². The topological polar surface area (TPSA) is 161 Å². The van der Waals surface area contributed by atoms with Gasteiger partial charge < -0.3 is 33.5 Å². The van der Waals surface area contributed by atoms with Crippen molar-refractivity contribution in [3.8, 4) is 0 Å². The van der Waals surface area contributed by atoms with Gasteiger partial charge >= 0.3 is 30.0 Å². The molecule has 0 spiro atoms. The second kappa shape index (κ2) is 22.8. The van der Waals surface area contributed by atoms with Crippen LogP contribution in [0, 0.1) is 45.3 Å². The predicted octanol–water partition coefficient (Wildman–Crippen LogP) is 11.1. The number of aliphatic hydroxyl groups excluding tert-OH is 1. The van der Waals surface area contributed by atoms with Gasteiger partial charge in [-0.15, -0.1) is 0 Å². The third-order valence-corrected chi connectivity index (χ3v) is 15.0. The zero-order chi connectivity index (χ0) is 47.5. The maximum Gasteiger partial charge on any atom is 0.508 e. The van der Waals surface area contributed by atoms with Crippen LogP contribution in [-0.4, -0.2) is 77.9 Å². The fourth-order valence-electron chi connectivity index (χ4n) is 8.12. The lowest BCUT2D eigenvalue weighted by molar-refractivity contribution is -0.213. The van der Waals surface area contributed by atoms with Crippen LogP contribution in [0.4, 0.5) is 4.79 Å². The number of carbonyl (C=O) groups is 5. The van der Waals surface area contributed by atoms with E-state index in [0.29, 0.717) is 30.1 Å². The molecule has 1 saturated heterocycles. The highest BCUT2D eigenvalue weighted by molar-refractivity contribution is 5.77. The number of cyclic esters (lactones) is 2. The Labute approximate surface area is 375 Å². The monoisotopic (exact) mass is 881 g/mol. The molecule has 0 amide bonds. The first-order valence-corrected chi connectivity index (χ1v) is 23.9. The van der Waals surface area contributed by atoms with Crippen LogP contribution >= 0.6 is 0 Å². The van der Waals surface area contributed by atoms with Gasteiger partial charge in [-0.05, 0) is 176 Å². The minimum atomic E-state index is -0.703. The average Bonchev–Trinajstić information content (AvgIpc) is 3.87. The van der Waals surface area contributed by atoms with Gasteiger partial charge in [0, 0.05) is 0 Å². The van der Waals surface area contributed by atoms with E-state index in [1.807, 2.05) is 90.0 Å². The largest absolute Gasteiger partial charge is 0.508 e. The van der Waals surface area contributed by atoms with Gasteiger partial charge in [-0.3, -0.25) is 19.2 Å². The van der Waals surface area contributed by atoms with Gasteiger partial charge in [0.1, 0.15) is 30.5 Å². The standard InChI is InChI=1S/C16H26O3.C13H24O2.C11H22O2.C10H16O5/c1-4-15(2,3)14(18)19-16-7-10-5-11(8-16)13(17)12(6-10)9-16;1-5-12(3,4)11(14)15-13(6-2)9-7-8-10-13;1-7-11(5,6)10(12)13-9(4)8(2)3;1-4-10(2,3)8(11)13-5-7-6-14-9(12)15-7/h10-13,17H,4-9H2,1-3H3;5-10H2,1-4H3;8-9H,7H2,1-6H3;7H,4-6H2,1-3H3. The molecule has 1 heterocycles. The second-order valence-electron chi connectivity index (χ2n) is 21.9. The molecule has 4 atom stereocenters. The third-order valence-electron chi connectivity index (χ3n) is 15.0. The van der Waals surface area contributed by atoms with Crippen molar-refractivity contribution >= 4 is 30.0 Å². The molecule has 0 aromatic carbocycles. The van der Waals surface area contributed by atoms with E-state index in [2.05, 4.69) is 25.5 Å². The van der Waals surface area contributed by atoms with Crippen molar-refractivity contribution in [2.75, 3.05) is 13.2 Å². The highest BCUT2D eigenvalue weighted by atomic mass is 16.8. The Balaban J connectivity index is 0.000000288. The molecule has 1 aliphatic heterocycles. The normalized spacial score (nSPS) is 26.5. The molecule has 1 N–H and O–H groups in total. The van der Waals surface area contributed by atoms with Crippen molar-refractivity contribution in [3.05, 3.63) is 0 Å². The minimum Gasteiger partial charge on any atom is -0.462 e. The van der Waals surface area contributed by atoms with E-state index in [1.54, 1.807) is 0 Å². The summed E-state index contributed by atoms with van der Waals surface area (Å²) in [5, 5.41) is 10.2. The number of carbonyl (C=O) groups excluding carboxylic acids is 5. The van der Waals surface area contributed by atoms with Crippen LogP contribution in [0.1, 0.15) is 201 Å². The first-order valence-electron chi connectivity index (χ1n) is 23.9. The number of rotatable bonds is 15. The zero-order valence-electron chi connectivity index (χ0n) is 41.8. The first-order chi connectivity index (χ1) is 28.6. The van der Waals surface area contributed by atoms with Gasteiger partial charge in [-0.1, -0.05) is 48.5 Å². The minimum absolute atomic E-state index is 0.0123. The number of hydrogen-bond acceptors (Lipinski definition) is 12. The van der Waals surface area contributed by atoms with E-state index in [0.717, 1.165) is 70.6 Å². The number of hydrogen-bond donors (Lipinski definition) is 1. The fraction of sp³-hybridized carbons (Fsp3) is 0.900. The lowest BCUT2D eigenvalue weighted by Gasteiger charge is -2.58. The molecular formula is C50H88O12. The summed E-state index contributed by atoms with van der Waals surface area (Å²) in [6.45, 7) is 31.7. The Kier molecular flexibility index (Phi) is 20.3. The molecular weight excluding hydrogens is 793 g/mol. The van der Waals surface area contributed by atoms with Gasteiger partial charge in [0.05, 0.1) is 27.8 Å². The van der Waals surface area contributed by atoms with Gasteiger partial charge in [0.25, 0.3) is 0 Å². The van der Waals surface area contributed by atoms with Crippen LogP contribution < -0.4 is 0 Å². The quantitative estimate of drug-likeness (QED) is 0.123. The van der Waals surface area contributed by atoms with Crippen LogP contribution in [0.5, 0.6) is 0 Å². The summed E-state index contributed by atoms with van der Waals surface area (Å²) < 4.78 is 31.4. The lowest BCUT2D eigenvalue weighted by Crippen LogP contribution is -2.59.